The maximum atomic E-state index is 11.8. The van der Waals surface area contributed by atoms with E-state index in [2.05, 4.69) is 63.4 Å². The summed E-state index contributed by atoms with van der Waals surface area (Å²) in [6, 6.07) is 13.3. The van der Waals surface area contributed by atoms with Crippen LogP contribution in [0.4, 0.5) is 0 Å². The average Bonchev–Trinajstić information content (AvgIpc) is 3.43. The molecular formula is C26H30N4O. The molecule has 1 aliphatic rings. The van der Waals surface area contributed by atoms with Crippen LogP contribution in [0.1, 0.15) is 50.2 Å². The predicted molar refractivity (Wildman–Crippen MR) is 126 cm³/mol. The van der Waals surface area contributed by atoms with Crippen molar-refractivity contribution in [2.45, 2.75) is 45.4 Å². The fraction of sp³-hybridized carbons (Fsp3) is 0.385. The number of rotatable bonds is 6. The summed E-state index contributed by atoms with van der Waals surface area (Å²) in [5.74, 6) is 0.915. The number of hydrogen-bond acceptors (Lipinski definition) is 3. The Morgan fingerprint density at radius 2 is 1.94 bits per heavy atom. The van der Waals surface area contributed by atoms with Crippen LogP contribution in [0, 0.1) is 0 Å². The Hall–Kier alpha value is -2.92. The van der Waals surface area contributed by atoms with Gasteiger partial charge in [-0.25, -0.2) is 0 Å². The number of ketones is 1. The molecule has 0 radical (unpaired) electrons. The van der Waals surface area contributed by atoms with Gasteiger partial charge in [0.15, 0.2) is 0 Å². The van der Waals surface area contributed by atoms with Crippen molar-refractivity contribution in [3.8, 4) is 11.3 Å². The molecule has 31 heavy (non-hydrogen) atoms. The van der Waals surface area contributed by atoms with Crippen LogP contribution in [0.3, 0.4) is 0 Å². The van der Waals surface area contributed by atoms with Crippen LogP contribution >= 0.6 is 0 Å². The first-order valence-electron chi connectivity index (χ1n) is 11.5. The van der Waals surface area contributed by atoms with Gasteiger partial charge in [-0.1, -0.05) is 32.0 Å². The van der Waals surface area contributed by atoms with Gasteiger partial charge in [0.2, 0.25) is 0 Å². The van der Waals surface area contributed by atoms with Gasteiger partial charge in [0.1, 0.15) is 5.78 Å². The Balaban J connectivity index is 1.46. The summed E-state index contributed by atoms with van der Waals surface area (Å²) in [4.78, 5) is 17.8. The van der Waals surface area contributed by atoms with Gasteiger partial charge in [0, 0.05) is 28.3 Å². The molecule has 5 nitrogen and oxygen atoms in total. The summed E-state index contributed by atoms with van der Waals surface area (Å²) < 4.78 is 0. The lowest BCUT2D eigenvalue weighted by Gasteiger charge is -2.31. The van der Waals surface area contributed by atoms with Crippen LogP contribution in [0.2, 0.25) is 0 Å². The van der Waals surface area contributed by atoms with Crippen molar-refractivity contribution in [3.05, 3.63) is 53.7 Å². The fourth-order valence-corrected chi connectivity index (χ4v) is 5.09. The minimum absolute atomic E-state index is 0.347. The lowest BCUT2D eigenvalue weighted by atomic mass is 9.88. The van der Waals surface area contributed by atoms with Crippen molar-refractivity contribution in [1.82, 2.24) is 20.1 Å². The van der Waals surface area contributed by atoms with Gasteiger partial charge in [-0.15, -0.1) is 0 Å². The first kappa shape index (κ1) is 20.0. The monoisotopic (exact) mass is 414 g/mol. The van der Waals surface area contributed by atoms with Gasteiger partial charge in [0.05, 0.1) is 24.0 Å². The molecule has 4 aromatic rings. The van der Waals surface area contributed by atoms with E-state index < -0.39 is 0 Å². The predicted octanol–water partition coefficient (Wildman–Crippen LogP) is 5.43. The maximum Gasteiger partial charge on any atom is 0.146 e. The van der Waals surface area contributed by atoms with Crippen LogP contribution in [0.25, 0.3) is 33.1 Å². The lowest BCUT2D eigenvalue weighted by Crippen LogP contribution is -2.36. The number of Topliss-reactive ketones (excluding diaryl/α,β-unsaturated/α-hetero) is 1. The minimum atomic E-state index is 0.347. The van der Waals surface area contributed by atoms with Crippen molar-refractivity contribution in [1.29, 1.82) is 0 Å². The molecule has 5 heteroatoms. The van der Waals surface area contributed by atoms with Crippen molar-refractivity contribution in [2.24, 2.45) is 0 Å². The number of hydrogen-bond donors (Lipinski definition) is 2. The van der Waals surface area contributed by atoms with Gasteiger partial charge < -0.3 is 4.98 Å². The highest BCUT2D eigenvalue weighted by Crippen LogP contribution is 2.37. The average molecular weight is 415 g/mol. The molecule has 5 rings (SSSR count). The molecule has 0 spiro atoms. The van der Waals surface area contributed by atoms with Crippen LogP contribution in [-0.2, 0) is 11.2 Å². The maximum absolute atomic E-state index is 11.8. The number of aromatic nitrogens is 3. The third-order valence-electron chi connectivity index (χ3n) is 6.89. The second kappa shape index (κ2) is 8.31. The zero-order valence-corrected chi connectivity index (χ0v) is 18.4. The molecular weight excluding hydrogens is 384 g/mol. The smallest absolute Gasteiger partial charge is 0.146 e. The Bertz CT molecular complexity index is 1230. The van der Waals surface area contributed by atoms with Crippen LogP contribution in [0.15, 0.2) is 42.6 Å². The van der Waals surface area contributed by atoms with E-state index in [0.29, 0.717) is 24.7 Å². The van der Waals surface area contributed by atoms with Gasteiger partial charge >= 0.3 is 0 Å². The van der Waals surface area contributed by atoms with E-state index in [1.54, 1.807) is 0 Å². The number of fused-ring (bicyclic) bond motifs is 2. The molecule has 1 saturated heterocycles. The molecule has 0 saturated carbocycles. The number of carbonyl (C=O) groups excluding carboxylic acids is 1. The standard InChI is InChI=1S/C26H30N4O/c1-3-19(31)16-30-12-10-17(11-13-30)18-8-9-24-22(14-18)20(4-2)26(28-24)21-6-5-7-25-23(21)15-27-29-25/h5-9,14-15,17,28H,3-4,10-13,16H2,1-2H3,(H,27,29). The summed E-state index contributed by atoms with van der Waals surface area (Å²) >= 11 is 0. The SMILES string of the molecule is CCC(=O)CN1CCC(c2ccc3[nH]c(-c4cccc5[nH]ncc45)c(CC)c3c2)CC1. The number of nitrogens with zero attached hydrogens (tertiary/aromatic N) is 2. The van der Waals surface area contributed by atoms with Crippen molar-refractivity contribution in [3.63, 3.8) is 0 Å². The minimum Gasteiger partial charge on any atom is -0.354 e. The van der Waals surface area contributed by atoms with Crippen molar-refractivity contribution >= 4 is 27.6 Å². The molecule has 2 aromatic heterocycles. The Morgan fingerprint density at radius 3 is 2.71 bits per heavy atom. The summed E-state index contributed by atoms with van der Waals surface area (Å²) in [5.41, 5.74) is 7.46. The number of nitrogens with one attached hydrogen (secondary N) is 2. The Kier molecular flexibility index (Phi) is 5.36. The molecule has 0 atom stereocenters. The van der Waals surface area contributed by atoms with E-state index >= 15 is 0 Å². The molecule has 2 aromatic carbocycles. The Morgan fingerprint density at radius 1 is 1.10 bits per heavy atom. The molecule has 2 N–H and O–H groups in total. The summed E-state index contributed by atoms with van der Waals surface area (Å²) in [5, 5.41) is 9.80. The molecule has 0 amide bonds. The molecule has 0 unspecified atom stereocenters. The number of likely N-dealkylation sites (tertiary alicyclic amines) is 1. The van der Waals surface area contributed by atoms with Crippen molar-refractivity contribution in [2.75, 3.05) is 19.6 Å². The van der Waals surface area contributed by atoms with E-state index in [1.807, 2.05) is 13.1 Å². The van der Waals surface area contributed by atoms with Gasteiger partial charge in [-0.05, 0) is 67.6 Å². The number of aryl methyl sites for hydroxylation is 1. The van der Waals surface area contributed by atoms with Crippen molar-refractivity contribution < 1.29 is 4.79 Å². The highest BCUT2D eigenvalue weighted by Gasteiger charge is 2.23. The zero-order valence-electron chi connectivity index (χ0n) is 18.4. The number of benzene rings is 2. The van der Waals surface area contributed by atoms with E-state index in [9.17, 15) is 4.79 Å². The summed E-state index contributed by atoms with van der Waals surface area (Å²) in [7, 11) is 0. The van der Waals surface area contributed by atoms with E-state index in [1.165, 1.54) is 33.3 Å². The van der Waals surface area contributed by atoms with E-state index in [4.69, 9.17) is 0 Å². The van der Waals surface area contributed by atoms with Crippen LogP contribution in [0.5, 0.6) is 0 Å². The molecule has 1 fully saturated rings. The summed E-state index contributed by atoms with van der Waals surface area (Å²) in [6.07, 6.45) is 5.77. The first-order chi connectivity index (χ1) is 15.2. The Labute approximate surface area is 182 Å². The fourth-order valence-electron chi connectivity index (χ4n) is 5.09. The lowest BCUT2D eigenvalue weighted by molar-refractivity contribution is -0.120. The van der Waals surface area contributed by atoms with Gasteiger partial charge in [0.25, 0.3) is 0 Å². The molecule has 0 bridgehead atoms. The third kappa shape index (κ3) is 3.68. The molecule has 3 heterocycles. The largest absolute Gasteiger partial charge is 0.354 e. The second-order valence-corrected chi connectivity index (χ2v) is 8.72. The normalized spacial score (nSPS) is 15.8. The van der Waals surface area contributed by atoms with Crippen LogP contribution in [-0.4, -0.2) is 45.5 Å². The highest BCUT2D eigenvalue weighted by atomic mass is 16.1. The molecule has 160 valence electrons. The third-order valence-corrected chi connectivity index (χ3v) is 6.89. The topological polar surface area (TPSA) is 64.8 Å². The number of carbonyl (C=O) groups is 1. The van der Waals surface area contributed by atoms with Crippen LogP contribution < -0.4 is 0 Å². The van der Waals surface area contributed by atoms with E-state index in [0.717, 1.165) is 43.3 Å². The molecule has 0 aliphatic carbocycles. The van der Waals surface area contributed by atoms with Gasteiger partial charge in [-0.3, -0.25) is 14.8 Å². The van der Waals surface area contributed by atoms with E-state index in [-0.39, 0.29) is 0 Å². The highest BCUT2D eigenvalue weighted by molar-refractivity contribution is 5.99. The second-order valence-electron chi connectivity index (χ2n) is 8.72. The summed E-state index contributed by atoms with van der Waals surface area (Å²) in [6.45, 7) is 6.82. The van der Waals surface area contributed by atoms with Gasteiger partial charge in [-0.2, -0.15) is 5.10 Å². The first-order valence-corrected chi connectivity index (χ1v) is 11.5. The quantitative estimate of drug-likeness (QED) is 0.442. The number of piperidine rings is 1. The number of aromatic amines is 2. The zero-order chi connectivity index (χ0) is 21.4. The number of H-pyrrole nitrogens is 2. The molecule has 1 aliphatic heterocycles.